The Labute approximate surface area is 83.2 Å². The number of hydrogen-bond donors (Lipinski definition) is 1. The van der Waals surface area contributed by atoms with Crippen molar-refractivity contribution < 1.29 is 13.5 Å². The maximum atomic E-state index is 13.0. The molecule has 0 aromatic carbocycles. The quantitative estimate of drug-likeness (QED) is 0.738. The van der Waals surface area contributed by atoms with Crippen molar-refractivity contribution in [1.82, 2.24) is 4.90 Å². The molecule has 0 saturated carbocycles. The molecule has 0 aromatic rings. The van der Waals surface area contributed by atoms with E-state index in [0.717, 1.165) is 6.42 Å². The monoisotopic (exact) mass is 208 g/mol. The minimum Gasteiger partial charge on any atom is -0.377 e. The van der Waals surface area contributed by atoms with E-state index in [1.807, 2.05) is 6.92 Å². The van der Waals surface area contributed by atoms with Crippen LogP contribution in [0, 0.1) is 0 Å². The molecule has 1 saturated heterocycles. The summed E-state index contributed by atoms with van der Waals surface area (Å²) in [5.74, 6) is -2.79. The van der Waals surface area contributed by atoms with Crippen LogP contribution in [0.3, 0.4) is 0 Å². The van der Waals surface area contributed by atoms with E-state index in [2.05, 4.69) is 0 Å². The largest absolute Gasteiger partial charge is 0.377 e. The molecule has 0 bridgehead atoms. The van der Waals surface area contributed by atoms with Crippen molar-refractivity contribution in [1.29, 1.82) is 0 Å². The predicted molar refractivity (Wildman–Crippen MR) is 50.5 cm³/mol. The first-order valence-corrected chi connectivity index (χ1v) is 4.86. The van der Waals surface area contributed by atoms with E-state index < -0.39 is 12.5 Å². The molecule has 0 spiro atoms. The number of rotatable bonds is 4. The molecule has 2 atom stereocenters. The van der Waals surface area contributed by atoms with E-state index in [-0.39, 0.29) is 18.7 Å². The van der Waals surface area contributed by atoms with Gasteiger partial charge in [0.2, 0.25) is 0 Å². The highest BCUT2D eigenvalue weighted by atomic mass is 19.3. The maximum absolute atomic E-state index is 13.0. The van der Waals surface area contributed by atoms with Crippen LogP contribution in [0.1, 0.15) is 13.3 Å². The van der Waals surface area contributed by atoms with Crippen molar-refractivity contribution in [2.45, 2.75) is 31.4 Å². The highest BCUT2D eigenvalue weighted by molar-refractivity contribution is 4.83. The Morgan fingerprint density at radius 1 is 1.57 bits per heavy atom. The third-order valence-electron chi connectivity index (χ3n) is 2.68. The van der Waals surface area contributed by atoms with Gasteiger partial charge in [0.1, 0.15) is 0 Å². The van der Waals surface area contributed by atoms with Crippen molar-refractivity contribution in [3.63, 3.8) is 0 Å². The standard InChI is InChI=1S/C9H18F2N2O/c1-7-8(3-4-14-7)13(2)6-9(10,11)5-12/h7-8H,3-6,12H2,1-2H3. The first-order chi connectivity index (χ1) is 6.46. The Morgan fingerprint density at radius 2 is 2.21 bits per heavy atom. The van der Waals surface area contributed by atoms with Crippen LogP contribution in [-0.4, -0.2) is 49.7 Å². The summed E-state index contributed by atoms with van der Waals surface area (Å²) in [7, 11) is 1.69. The van der Waals surface area contributed by atoms with Crippen molar-refractivity contribution in [2.75, 3.05) is 26.7 Å². The second kappa shape index (κ2) is 4.51. The summed E-state index contributed by atoms with van der Waals surface area (Å²) in [5.41, 5.74) is 4.98. The molecule has 84 valence electrons. The van der Waals surface area contributed by atoms with E-state index in [1.54, 1.807) is 11.9 Å². The summed E-state index contributed by atoms with van der Waals surface area (Å²) in [4.78, 5) is 1.64. The van der Waals surface area contributed by atoms with E-state index >= 15 is 0 Å². The lowest BCUT2D eigenvalue weighted by atomic mass is 10.1. The van der Waals surface area contributed by atoms with Gasteiger partial charge >= 0.3 is 0 Å². The average molecular weight is 208 g/mol. The molecule has 0 radical (unpaired) electrons. The minimum atomic E-state index is -2.79. The summed E-state index contributed by atoms with van der Waals surface area (Å²) in [6.45, 7) is 1.68. The fraction of sp³-hybridized carbons (Fsp3) is 1.00. The smallest absolute Gasteiger partial charge is 0.272 e. The third kappa shape index (κ3) is 2.87. The van der Waals surface area contributed by atoms with Gasteiger partial charge in [0, 0.05) is 12.6 Å². The van der Waals surface area contributed by atoms with Crippen LogP contribution in [-0.2, 0) is 4.74 Å². The van der Waals surface area contributed by atoms with Gasteiger partial charge in [0.05, 0.1) is 19.2 Å². The zero-order chi connectivity index (χ0) is 10.8. The van der Waals surface area contributed by atoms with Crippen LogP contribution in [0.5, 0.6) is 0 Å². The fourth-order valence-electron chi connectivity index (χ4n) is 1.85. The second-order valence-electron chi connectivity index (χ2n) is 3.91. The lowest BCUT2D eigenvalue weighted by molar-refractivity contribution is -0.0337. The van der Waals surface area contributed by atoms with Crippen molar-refractivity contribution in [2.24, 2.45) is 5.73 Å². The molecule has 1 aliphatic heterocycles. The van der Waals surface area contributed by atoms with Crippen molar-refractivity contribution >= 4 is 0 Å². The fourth-order valence-corrected chi connectivity index (χ4v) is 1.85. The Bertz CT molecular complexity index is 190. The molecule has 2 N–H and O–H groups in total. The summed E-state index contributed by atoms with van der Waals surface area (Å²) in [6, 6.07) is 0.0902. The highest BCUT2D eigenvalue weighted by Gasteiger charge is 2.35. The molecular formula is C9H18F2N2O. The number of ether oxygens (including phenoxy) is 1. The summed E-state index contributed by atoms with van der Waals surface area (Å²) >= 11 is 0. The molecule has 5 heteroatoms. The summed E-state index contributed by atoms with van der Waals surface area (Å²) < 4.78 is 31.3. The van der Waals surface area contributed by atoms with E-state index in [0.29, 0.717) is 6.61 Å². The van der Waals surface area contributed by atoms with Crippen molar-refractivity contribution in [3.8, 4) is 0 Å². The van der Waals surface area contributed by atoms with Gasteiger partial charge in [-0.05, 0) is 20.4 Å². The Balaban J connectivity index is 2.45. The zero-order valence-corrected chi connectivity index (χ0v) is 8.67. The number of halogens is 2. The molecule has 3 nitrogen and oxygen atoms in total. The number of nitrogens with two attached hydrogens (primary N) is 1. The third-order valence-corrected chi connectivity index (χ3v) is 2.68. The van der Waals surface area contributed by atoms with Gasteiger partial charge in [-0.25, -0.2) is 8.78 Å². The topological polar surface area (TPSA) is 38.5 Å². The van der Waals surface area contributed by atoms with Gasteiger partial charge in [-0.1, -0.05) is 0 Å². The first kappa shape index (κ1) is 11.8. The molecule has 0 aromatic heterocycles. The molecular weight excluding hydrogens is 190 g/mol. The van der Waals surface area contributed by atoms with Gasteiger partial charge in [-0.3, -0.25) is 4.90 Å². The first-order valence-electron chi connectivity index (χ1n) is 4.86. The lowest BCUT2D eigenvalue weighted by Crippen LogP contribution is -2.46. The highest BCUT2D eigenvalue weighted by Crippen LogP contribution is 2.21. The van der Waals surface area contributed by atoms with Crippen LogP contribution < -0.4 is 5.73 Å². The summed E-state index contributed by atoms with van der Waals surface area (Å²) in [5, 5.41) is 0. The number of hydrogen-bond acceptors (Lipinski definition) is 3. The number of likely N-dealkylation sites (N-methyl/N-ethyl adjacent to an activating group) is 1. The molecule has 0 aliphatic carbocycles. The Kier molecular flexibility index (Phi) is 3.80. The molecule has 2 unspecified atom stereocenters. The SMILES string of the molecule is CC1OCCC1N(C)CC(F)(F)CN. The molecule has 0 amide bonds. The van der Waals surface area contributed by atoms with Crippen LogP contribution in [0.4, 0.5) is 8.78 Å². The zero-order valence-electron chi connectivity index (χ0n) is 8.67. The van der Waals surface area contributed by atoms with Gasteiger partial charge in [-0.2, -0.15) is 0 Å². The van der Waals surface area contributed by atoms with Gasteiger partial charge < -0.3 is 10.5 Å². The van der Waals surface area contributed by atoms with Crippen LogP contribution in [0.2, 0.25) is 0 Å². The summed E-state index contributed by atoms with van der Waals surface area (Å²) in [6.07, 6.45) is 0.853. The van der Waals surface area contributed by atoms with Crippen LogP contribution in [0.25, 0.3) is 0 Å². The number of alkyl halides is 2. The average Bonchev–Trinajstić information content (AvgIpc) is 2.51. The Morgan fingerprint density at radius 3 is 2.64 bits per heavy atom. The van der Waals surface area contributed by atoms with E-state index in [1.165, 1.54) is 0 Å². The molecule has 1 aliphatic rings. The lowest BCUT2D eigenvalue weighted by Gasteiger charge is -2.29. The van der Waals surface area contributed by atoms with Gasteiger partial charge in [-0.15, -0.1) is 0 Å². The molecule has 14 heavy (non-hydrogen) atoms. The second-order valence-corrected chi connectivity index (χ2v) is 3.91. The molecule has 1 fully saturated rings. The van der Waals surface area contributed by atoms with Crippen molar-refractivity contribution in [3.05, 3.63) is 0 Å². The van der Waals surface area contributed by atoms with Crippen LogP contribution >= 0.6 is 0 Å². The number of nitrogens with zero attached hydrogens (tertiary/aromatic N) is 1. The van der Waals surface area contributed by atoms with Gasteiger partial charge in [0.25, 0.3) is 5.92 Å². The van der Waals surface area contributed by atoms with Gasteiger partial charge in [0.15, 0.2) is 0 Å². The molecule has 1 heterocycles. The van der Waals surface area contributed by atoms with Crippen LogP contribution in [0.15, 0.2) is 0 Å². The van der Waals surface area contributed by atoms with E-state index in [4.69, 9.17) is 10.5 Å². The Hall–Kier alpha value is -0.260. The maximum Gasteiger partial charge on any atom is 0.272 e. The predicted octanol–water partition coefficient (Wildman–Crippen LogP) is 0.690. The molecule has 1 rings (SSSR count). The normalized spacial score (nSPS) is 28.7. The minimum absolute atomic E-state index is 0.0357. The van der Waals surface area contributed by atoms with E-state index in [9.17, 15) is 8.78 Å².